The molecule has 2 aromatic heterocycles. The van der Waals surface area contributed by atoms with Crippen LogP contribution in [0.25, 0.3) is 10.4 Å². The number of esters is 1. The number of aryl methyl sites for hydroxylation is 1. The summed E-state index contributed by atoms with van der Waals surface area (Å²) in [5.74, 6) is -1.04. The number of halogens is 3. The van der Waals surface area contributed by atoms with Crippen LogP contribution >= 0.6 is 11.3 Å². The zero-order chi connectivity index (χ0) is 28.8. The van der Waals surface area contributed by atoms with Gasteiger partial charge in [-0.2, -0.15) is 13.2 Å². The van der Waals surface area contributed by atoms with Crippen molar-refractivity contribution < 1.29 is 31.9 Å². The number of carbonyl (C=O) groups excluding carboxylic acids is 1. The molecule has 2 heterocycles. The van der Waals surface area contributed by atoms with E-state index in [9.17, 15) is 23.1 Å². The van der Waals surface area contributed by atoms with Crippen molar-refractivity contribution in [1.82, 2.24) is 15.0 Å². The maximum absolute atomic E-state index is 13.1. The van der Waals surface area contributed by atoms with Crippen LogP contribution in [-0.4, -0.2) is 33.1 Å². The Morgan fingerprint density at radius 1 is 1.31 bits per heavy atom. The van der Waals surface area contributed by atoms with Crippen LogP contribution in [0.5, 0.6) is 0 Å². The molecule has 0 radical (unpaired) electrons. The molecule has 0 bridgehead atoms. The molecular weight excluding hydrogens is 493 g/mol. The number of aromatic nitrogens is 3. The number of nitrogens with zero attached hydrogens (tertiary/aromatic N) is 3. The van der Waals surface area contributed by atoms with Gasteiger partial charge in [-0.3, -0.25) is 4.79 Å². The summed E-state index contributed by atoms with van der Waals surface area (Å²) in [5, 5.41) is 14.6. The number of nitrogens with one attached hydrogen (secondary N) is 1. The molecule has 7 nitrogen and oxygen atoms in total. The van der Waals surface area contributed by atoms with E-state index in [1.165, 1.54) is 36.8 Å². The topological polar surface area (TPSA) is 97.2 Å². The van der Waals surface area contributed by atoms with Crippen LogP contribution < -0.4 is 5.32 Å². The summed E-state index contributed by atoms with van der Waals surface area (Å²) in [4.78, 5) is 24.5. The summed E-state index contributed by atoms with van der Waals surface area (Å²) in [6.07, 6.45) is -1.24. The lowest BCUT2D eigenvalue weighted by atomic mass is 9.63. The van der Waals surface area contributed by atoms with Gasteiger partial charge in [-0.05, 0) is 60.9 Å². The fraction of sp³-hybridized carbons (Fsp3) is 0.440. The number of ether oxygens (including phenoxy) is 1. The molecule has 1 aliphatic carbocycles. The Labute approximate surface area is 215 Å². The zero-order valence-electron chi connectivity index (χ0n) is 22.8. The van der Waals surface area contributed by atoms with E-state index >= 15 is 0 Å². The monoisotopic (exact) mass is 523 g/mol. The number of thiazole rings is 1. The standard InChI is InChI=1S/C25H27F3N4O3S/c1-14-9-15(11-16(10-14)31-22-29-8-6-19(32-22)25(26,27)28)18-12-30-21(36-18)24(34)7-5-17(20(33)35-4)23(2,3)13-24/h6,8-12,17,34H,5,7,13H2,1-4H3,(H,29,31,32)/t17?,24-/m1/s1/i1D3. The highest BCUT2D eigenvalue weighted by Gasteiger charge is 2.49. The third kappa shape index (κ3) is 5.36. The molecule has 1 aliphatic rings. The van der Waals surface area contributed by atoms with Crippen LogP contribution in [0.3, 0.4) is 0 Å². The first-order valence-corrected chi connectivity index (χ1v) is 11.9. The highest BCUT2D eigenvalue weighted by atomic mass is 32.1. The zero-order valence-corrected chi connectivity index (χ0v) is 20.6. The summed E-state index contributed by atoms with van der Waals surface area (Å²) in [6, 6.07) is 5.04. The number of hydrogen-bond acceptors (Lipinski definition) is 8. The van der Waals surface area contributed by atoms with Gasteiger partial charge in [-0.15, -0.1) is 11.3 Å². The molecule has 1 aromatic carbocycles. The Hall–Kier alpha value is -3.05. The van der Waals surface area contributed by atoms with Crippen molar-refractivity contribution in [3.8, 4) is 10.4 Å². The molecule has 1 unspecified atom stereocenters. The average molecular weight is 524 g/mol. The third-order valence-corrected chi connectivity index (χ3v) is 7.59. The number of methoxy groups -OCH3 is 1. The number of rotatable bonds is 5. The van der Waals surface area contributed by atoms with Crippen molar-refractivity contribution in [2.45, 2.75) is 51.7 Å². The Kier molecular flexibility index (Phi) is 5.81. The molecule has 4 rings (SSSR count). The SMILES string of the molecule is [2H]C([2H])([2H])c1cc(Nc2nccc(C(F)(F)F)n2)cc(-c2cnc([C@@]3(O)CCC(C(=O)OC)C(C)(C)C3)s2)c1. The molecule has 1 fully saturated rings. The van der Waals surface area contributed by atoms with Crippen LogP contribution in [-0.2, 0) is 21.3 Å². The second kappa shape index (κ2) is 9.44. The summed E-state index contributed by atoms with van der Waals surface area (Å²) < 4.78 is 67.8. The van der Waals surface area contributed by atoms with Crippen LogP contribution in [0, 0.1) is 18.2 Å². The van der Waals surface area contributed by atoms with Crippen molar-refractivity contribution in [1.29, 1.82) is 0 Å². The molecule has 3 aromatic rings. The Morgan fingerprint density at radius 2 is 2.08 bits per heavy atom. The second-order valence-corrected chi connectivity index (χ2v) is 10.6. The Balaban J connectivity index is 1.67. The molecule has 0 spiro atoms. The van der Waals surface area contributed by atoms with Crippen molar-refractivity contribution in [3.05, 3.63) is 52.9 Å². The lowest BCUT2D eigenvalue weighted by molar-refractivity contribution is -0.157. The van der Waals surface area contributed by atoms with Crippen LogP contribution in [0.1, 0.15) is 53.5 Å². The average Bonchev–Trinajstić information content (AvgIpc) is 3.33. The number of alkyl halides is 3. The first-order chi connectivity index (χ1) is 18.0. The quantitative estimate of drug-likeness (QED) is 0.405. The fourth-order valence-electron chi connectivity index (χ4n) is 4.67. The van der Waals surface area contributed by atoms with Gasteiger partial charge in [0.05, 0.1) is 17.9 Å². The van der Waals surface area contributed by atoms with Gasteiger partial charge >= 0.3 is 12.1 Å². The van der Waals surface area contributed by atoms with Crippen LogP contribution in [0.2, 0.25) is 0 Å². The highest BCUT2D eigenvalue weighted by molar-refractivity contribution is 7.15. The van der Waals surface area contributed by atoms with E-state index < -0.39 is 29.7 Å². The molecule has 1 saturated carbocycles. The van der Waals surface area contributed by atoms with Gasteiger partial charge < -0.3 is 15.2 Å². The molecule has 11 heteroatoms. The molecule has 2 N–H and O–H groups in total. The van der Waals surface area contributed by atoms with Crippen molar-refractivity contribution in [2.24, 2.45) is 11.3 Å². The van der Waals surface area contributed by atoms with Gasteiger partial charge in [-0.1, -0.05) is 19.9 Å². The van der Waals surface area contributed by atoms with E-state index in [0.29, 0.717) is 21.9 Å². The number of aliphatic hydroxyl groups is 1. The molecule has 2 atom stereocenters. The van der Waals surface area contributed by atoms with E-state index in [0.717, 1.165) is 12.3 Å². The van der Waals surface area contributed by atoms with Crippen LogP contribution in [0.15, 0.2) is 36.7 Å². The number of carbonyl (C=O) groups is 1. The molecule has 0 aliphatic heterocycles. The number of benzene rings is 1. The minimum Gasteiger partial charge on any atom is -0.469 e. The van der Waals surface area contributed by atoms with E-state index in [1.807, 2.05) is 13.8 Å². The third-order valence-electron chi connectivity index (χ3n) is 6.35. The Morgan fingerprint density at radius 3 is 2.75 bits per heavy atom. The minimum atomic E-state index is -4.67. The lowest BCUT2D eigenvalue weighted by Crippen LogP contribution is -2.45. The molecule has 36 heavy (non-hydrogen) atoms. The lowest BCUT2D eigenvalue weighted by Gasteiger charge is -2.44. The predicted octanol–water partition coefficient (Wildman–Crippen LogP) is 5.86. The summed E-state index contributed by atoms with van der Waals surface area (Å²) >= 11 is 1.18. The number of hydrogen-bond donors (Lipinski definition) is 2. The summed E-state index contributed by atoms with van der Waals surface area (Å²) in [6.45, 7) is 1.27. The van der Waals surface area contributed by atoms with E-state index in [-0.39, 0.29) is 41.9 Å². The second-order valence-electron chi connectivity index (χ2n) is 9.53. The first kappa shape index (κ1) is 22.2. The van der Waals surface area contributed by atoms with E-state index in [1.54, 1.807) is 6.07 Å². The van der Waals surface area contributed by atoms with Gasteiger partial charge in [0.25, 0.3) is 0 Å². The van der Waals surface area contributed by atoms with Gasteiger partial charge in [0, 0.05) is 22.2 Å². The van der Waals surface area contributed by atoms with Gasteiger partial charge in [0.2, 0.25) is 5.95 Å². The number of anilines is 2. The largest absolute Gasteiger partial charge is 0.469 e. The van der Waals surface area contributed by atoms with Gasteiger partial charge in [-0.25, -0.2) is 15.0 Å². The summed E-state index contributed by atoms with van der Waals surface area (Å²) in [5.41, 5.74) is -2.44. The van der Waals surface area contributed by atoms with Crippen molar-refractivity contribution >= 4 is 28.9 Å². The maximum atomic E-state index is 13.1. The molecule has 192 valence electrons. The molecule has 0 saturated heterocycles. The van der Waals surface area contributed by atoms with Crippen molar-refractivity contribution in [3.63, 3.8) is 0 Å². The normalized spacial score (nSPS) is 23.3. The van der Waals surface area contributed by atoms with E-state index in [2.05, 4.69) is 20.3 Å². The van der Waals surface area contributed by atoms with Gasteiger partial charge in [0.1, 0.15) is 16.3 Å². The minimum absolute atomic E-state index is 0.0529. The van der Waals surface area contributed by atoms with E-state index in [4.69, 9.17) is 8.85 Å². The van der Waals surface area contributed by atoms with Crippen molar-refractivity contribution in [2.75, 3.05) is 12.4 Å². The smallest absolute Gasteiger partial charge is 0.433 e. The molecule has 0 amide bonds. The Bertz CT molecular complexity index is 1380. The molecular formula is C25H27F3N4O3S. The predicted molar refractivity (Wildman–Crippen MR) is 130 cm³/mol. The highest BCUT2D eigenvalue weighted by Crippen LogP contribution is 2.51. The first-order valence-electron chi connectivity index (χ1n) is 12.6. The fourth-order valence-corrected chi connectivity index (χ4v) is 5.69. The van der Waals surface area contributed by atoms with Gasteiger partial charge in [0.15, 0.2) is 0 Å². The van der Waals surface area contributed by atoms with Crippen LogP contribution in [0.4, 0.5) is 24.8 Å². The summed E-state index contributed by atoms with van der Waals surface area (Å²) in [7, 11) is 1.34. The maximum Gasteiger partial charge on any atom is 0.433 e.